The van der Waals surface area contributed by atoms with Crippen molar-refractivity contribution in [3.05, 3.63) is 53.1 Å². The minimum absolute atomic E-state index is 0.0596. The van der Waals surface area contributed by atoms with Gasteiger partial charge in [-0.15, -0.1) is 0 Å². The number of halogens is 2. The van der Waals surface area contributed by atoms with Crippen LogP contribution in [0.5, 0.6) is 0 Å². The van der Waals surface area contributed by atoms with Gasteiger partial charge in [0.25, 0.3) is 11.8 Å². The normalized spacial score (nSPS) is 24.1. The number of rotatable bonds is 13. The molecule has 2 N–H and O–H groups in total. The Morgan fingerprint density at radius 3 is 2.31 bits per heavy atom. The van der Waals surface area contributed by atoms with Gasteiger partial charge in [-0.05, 0) is 87.6 Å². The fourth-order valence-electron chi connectivity index (χ4n) is 7.24. The number of nitrogens with one attached hydrogen (secondary N) is 2. The third kappa shape index (κ3) is 8.74. The summed E-state index contributed by atoms with van der Waals surface area (Å²) in [6.07, 6.45) is 4.39. The van der Waals surface area contributed by atoms with Gasteiger partial charge in [0.1, 0.15) is 17.6 Å². The number of piperazine rings is 1. The lowest BCUT2D eigenvalue weighted by Crippen LogP contribution is -2.58. The molecular formula is C37H52F2N6O4. The van der Waals surface area contributed by atoms with Crippen molar-refractivity contribution in [3.8, 4) is 0 Å². The van der Waals surface area contributed by atoms with Gasteiger partial charge in [0.05, 0.1) is 6.04 Å². The fraction of sp³-hybridized carbons (Fsp3) is 0.649. The van der Waals surface area contributed by atoms with Gasteiger partial charge in [-0.25, -0.2) is 8.78 Å². The van der Waals surface area contributed by atoms with Crippen LogP contribution in [0.15, 0.2) is 30.5 Å². The smallest absolute Gasteiger partial charge is 0.270 e. The number of alkyl halides is 1. The second-order valence-electron chi connectivity index (χ2n) is 14.6. The summed E-state index contributed by atoms with van der Waals surface area (Å²) in [6, 6.07) is 4.37. The minimum Gasteiger partial charge on any atom is -0.341 e. The molecule has 0 spiro atoms. The molecule has 2 aromatic rings. The van der Waals surface area contributed by atoms with E-state index in [-0.39, 0.29) is 47.5 Å². The number of hydrogen-bond donors (Lipinski definition) is 2. The van der Waals surface area contributed by atoms with Crippen LogP contribution in [0.2, 0.25) is 0 Å². The third-order valence-corrected chi connectivity index (χ3v) is 11.0. The summed E-state index contributed by atoms with van der Waals surface area (Å²) in [5.74, 6) is -2.93. The SMILES string of the molecule is CCn1nccc1C(=O)N[C@H](C(=O)Cc1ccc([C@H](C)C(NC(=O)C(F)C2CC2)C(=O)N2CCN(C)[C@H](C)C2)cc1F)C1CCC(C)CC1. The molecule has 1 saturated heterocycles. The molecule has 2 aliphatic carbocycles. The molecule has 5 atom stereocenters. The topological polar surface area (TPSA) is 117 Å². The van der Waals surface area contributed by atoms with E-state index in [9.17, 15) is 23.6 Å². The van der Waals surface area contributed by atoms with Crippen LogP contribution in [0.4, 0.5) is 8.78 Å². The molecule has 3 aliphatic rings. The second kappa shape index (κ2) is 15.9. The largest absolute Gasteiger partial charge is 0.341 e. The Morgan fingerprint density at radius 1 is 0.980 bits per heavy atom. The van der Waals surface area contributed by atoms with Gasteiger partial charge >= 0.3 is 0 Å². The van der Waals surface area contributed by atoms with Crippen LogP contribution in [0, 0.1) is 23.6 Å². The van der Waals surface area contributed by atoms with E-state index < -0.39 is 35.9 Å². The van der Waals surface area contributed by atoms with E-state index in [0.717, 1.165) is 25.7 Å². The average molecular weight is 683 g/mol. The number of likely N-dealkylation sites (N-methyl/N-ethyl adjacent to an activating group) is 1. The predicted molar refractivity (Wildman–Crippen MR) is 182 cm³/mol. The molecule has 1 aromatic heterocycles. The third-order valence-electron chi connectivity index (χ3n) is 11.0. The van der Waals surface area contributed by atoms with Gasteiger partial charge in [0.15, 0.2) is 12.0 Å². The zero-order chi connectivity index (χ0) is 35.4. The summed E-state index contributed by atoms with van der Waals surface area (Å²) >= 11 is 0. The standard InChI is InChI=1S/C37H52F2N6O4/c1-6-45-30(15-16-40-45)35(47)42-34(26-9-7-22(2)8-10-26)31(46)20-28-14-13-27(19-29(28)38)24(4)33(41-36(48)32(39)25-11-12-25)37(49)44-18-17-43(5)23(3)21-44/h13-16,19,22-26,32-34H,6-12,17-18,20-21H2,1-5H3,(H,41,48)(H,42,47)/t22?,23-,24+,26?,32?,33?,34+/m1/s1. The Bertz CT molecular complexity index is 1500. The molecule has 49 heavy (non-hydrogen) atoms. The molecule has 12 heteroatoms. The van der Waals surface area contributed by atoms with Gasteiger partial charge in [-0.3, -0.25) is 23.9 Å². The Hall–Kier alpha value is -3.67. The summed E-state index contributed by atoms with van der Waals surface area (Å²) < 4.78 is 32.2. The summed E-state index contributed by atoms with van der Waals surface area (Å²) in [4.78, 5) is 57.7. The number of carbonyl (C=O) groups is 4. The van der Waals surface area contributed by atoms with Crippen LogP contribution in [-0.2, 0) is 27.3 Å². The minimum atomic E-state index is -1.69. The lowest BCUT2D eigenvalue weighted by molar-refractivity contribution is -0.140. The van der Waals surface area contributed by atoms with Crippen molar-refractivity contribution >= 4 is 23.5 Å². The Kier molecular flexibility index (Phi) is 11.9. The summed E-state index contributed by atoms with van der Waals surface area (Å²) in [5.41, 5.74) is 1.00. The maximum Gasteiger partial charge on any atom is 0.270 e. The number of Topliss-reactive ketones (excluding diaryl/α,β-unsaturated/α-hetero) is 1. The number of ketones is 1. The van der Waals surface area contributed by atoms with E-state index >= 15 is 4.39 Å². The van der Waals surface area contributed by atoms with Crippen LogP contribution >= 0.6 is 0 Å². The zero-order valence-electron chi connectivity index (χ0n) is 29.5. The van der Waals surface area contributed by atoms with E-state index in [2.05, 4.69) is 27.6 Å². The number of carbonyl (C=O) groups excluding carboxylic acids is 4. The van der Waals surface area contributed by atoms with Crippen LogP contribution in [0.1, 0.15) is 93.8 Å². The number of benzene rings is 1. The molecule has 268 valence electrons. The highest BCUT2D eigenvalue weighted by atomic mass is 19.1. The molecule has 2 heterocycles. The first kappa shape index (κ1) is 36.6. The molecule has 5 rings (SSSR count). The van der Waals surface area contributed by atoms with Crippen LogP contribution in [-0.4, -0.2) is 94.1 Å². The molecule has 1 aromatic carbocycles. The van der Waals surface area contributed by atoms with Gasteiger partial charge in [0.2, 0.25) is 5.91 Å². The Labute approximate surface area is 288 Å². The van der Waals surface area contributed by atoms with Crippen LogP contribution < -0.4 is 10.6 Å². The molecular weight excluding hydrogens is 630 g/mol. The lowest BCUT2D eigenvalue weighted by atomic mass is 9.77. The van der Waals surface area contributed by atoms with E-state index in [1.807, 2.05) is 20.9 Å². The first-order valence-corrected chi connectivity index (χ1v) is 17.9. The number of aromatic nitrogens is 2. The fourth-order valence-corrected chi connectivity index (χ4v) is 7.24. The van der Waals surface area contributed by atoms with E-state index in [4.69, 9.17) is 0 Å². The summed E-state index contributed by atoms with van der Waals surface area (Å²) in [7, 11) is 1.99. The van der Waals surface area contributed by atoms with Crippen molar-refractivity contribution in [1.29, 1.82) is 0 Å². The second-order valence-corrected chi connectivity index (χ2v) is 14.6. The molecule has 2 unspecified atom stereocenters. The highest BCUT2D eigenvalue weighted by molar-refractivity contribution is 5.97. The Balaban J connectivity index is 1.33. The predicted octanol–water partition coefficient (Wildman–Crippen LogP) is 4.28. The van der Waals surface area contributed by atoms with Gasteiger partial charge in [-0.2, -0.15) is 5.10 Å². The van der Waals surface area contributed by atoms with Gasteiger partial charge < -0.3 is 20.4 Å². The zero-order valence-corrected chi connectivity index (χ0v) is 29.5. The number of amides is 3. The monoisotopic (exact) mass is 682 g/mol. The van der Waals surface area contributed by atoms with Crippen molar-refractivity contribution in [2.75, 3.05) is 26.7 Å². The molecule has 10 nitrogen and oxygen atoms in total. The maximum atomic E-state index is 15.8. The molecule has 2 saturated carbocycles. The first-order valence-electron chi connectivity index (χ1n) is 17.9. The highest BCUT2D eigenvalue weighted by Gasteiger charge is 2.41. The van der Waals surface area contributed by atoms with Crippen LogP contribution in [0.3, 0.4) is 0 Å². The first-order chi connectivity index (χ1) is 23.4. The summed E-state index contributed by atoms with van der Waals surface area (Å²) in [5, 5.41) is 9.82. The molecule has 0 radical (unpaired) electrons. The van der Waals surface area contributed by atoms with Crippen molar-refractivity contribution in [2.45, 2.75) is 109 Å². The van der Waals surface area contributed by atoms with E-state index in [1.54, 1.807) is 34.8 Å². The van der Waals surface area contributed by atoms with Crippen molar-refractivity contribution in [3.63, 3.8) is 0 Å². The Morgan fingerprint density at radius 2 is 1.67 bits per heavy atom. The van der Waals surface area contributed by atoms with Crippen LogP contribution in [0.25, 0.3) is 0 Å². The van der Waals surface area contributed by atoms with Crippen molar-refractivity contribution in [2.24, 2.45) is 17.8 Å². The maximum absolute atomic E-state index is 15.8. The molecule has 0 bridgehead atoms. The average Bonchev–Trinajstić information content (AvgIpc) is 3.83. The van der Waals surface area contributed by atoms with Crippen molar-refractivity contribution in [1.82, 2.24) is 30.2 Å². The quantitative estimate of drug-likeness (QED) is 0.326. The van der Waals surface area contributed by atoms with Crippen molar-refractivity contribution < 1.29 is 28.0 Å². The molecule has 3 fully saturated rings. The van der Waals surface area contributed by atoms with Gasteiger partial charge in [0, 0.05) is 50.8 Å². The lowest BCUT2D eigenvalue weighted by Gasteiger charge is -2.40. The van der Waals surface area contributed by atoms with E-state index in [1.165, 1.54) is 12.1 Å². The van der Waals surface area contributed by atoms with Gasteiger partial charge in [-0.1, -0.05) is 38.8 Å². The van der Waals surface area contributed by atoms with E-state index in [0.29, 0.717) is 56.2 Å². The highest BCUT2D eigenvalue weighted by Crippen LogP contribution is 2.35. The number of hydrogen-bond acceptors (Lipinski definition) is 6. The molecule has 3 amide bonds. The molecule has 1 aliphatic heterocycles. The number of nitrogens with zero attached hydrogens (tertiary/aromatic N) is 4. The summed E-state index contributed by atoms with van der Waals surface area (Å²) in [6.45, 7) is 9.90. The number of aryl methyl sites for hydroxylation is 1.